The molecule has 262 valence electrons. The zero-order valence-corrected chi connectivity index (χ0v) is 32.9. The van der Waals surface area contributed by atoms with Gasteiger partial charge in [0, 0.05) is 35.0 Å². The molecule has 0 radical (unpaired) electrons. The van der Waals surface area contributed by atoms with E-state index < -0.39 is 0 Å². The number of hydrogen-bond acceptors (Lipinski definition) is 3. The third kappa shape index (κ3) is 7.75. The molecule has 0 saturated carbocycles. The number of nitrogens with zero attached hydrogens (tertiary/aromatic N) is 4. The summed E-state index contributed by atoms with van der Waals surface area (Å²) in [6.07, 6.45) is 9.17. The number of aryl methyl sites for hydroxylation is 1. The van der Waals surface area contributed by atoms with Gasteiger partial charge in [-0.15, -0.1) is 35.7 Å². The molecule has 6 heteroatoms. The van der Waals surface area contributed by atoms with Crippen LogP contribution in [0.5, 0.6) is 11.5 Å². The molecular weight excluding hydrogens is 808 g/mol. The van der Waals surface area contributed by atoms with Crippen molar-refractivity contribution in [1.29, 1.82) is 0 Å². The first-order chi connectivity index (χ1) is 24.1. The Kier molecular flexibility index (Phi) is 11.0. The summed E-state index contributed by atoms with van der Waals surface area (Å²) in [7, 11) is 0. The van der Waals surface area contributed by atoms with E-state index >= 15 is 0 Å². The van der Waals surface area contributed by atoms with Crippen molar-refractivity contribution in [3.05, 3.63) is 132 Å². The first-order valence-corrected chi connectivity index (χ1v) is 17.9. The van der Waals surface area contributed by atoms with Gasteiger partial charge in [0.25, 0.3) is 0 Å². The molecule has 0 fully saturated rings. The van der Waals surface area contributed by atoms with Crippen molar-refractivity contribution in [3.8, 4) is 34.1 Å². The van der Waals surface area contributed by atoms with Crippen molar-refractivity contribution in [3.63, 3.8) is 0 Å². The third-order valence-corrected chi connectivity index (χ3v) is 9.14. The fourth-order valence-electron chi connectivity index (χ4n) is 7.13. The number of ether oxygens (including phenoxy) is 1. The van der Waals surface area contributed by atoms with Gasteiger partial charge in [-0.2, -0.15) is 17.2 Å². The second kappa shape index (κ2) is 15.4. The fraction of sp³-hybridized carbons (Fsp3) is 0.289. The summed E-state index contributed by atoms with van der Waals surface area (Å²) < 4.78 is 10.5. The smallest absolute Gasteiger partial charge is 0.509 e. The van der Waals surface area contributed by atoms with Gasteiger partial charge in [0.2, 0.25) is 0 Å². The average molecular weight is 854 g/mol. The number of hydrogen-bond donors (Lipinski definition) is 0. The first kappa shape index (κ1) is 36.3. The molecule has 5 nitrogen and oxygen atoms in total. The molecule has 3 heterocycles. The number of para-hydroxylation sites is 1. The zero-order chi connectivity index (χ0) is 34.9. The van der Waals surface area contributed by atoms with E-state index in [9.17, 15) is 0 Å². The molecule has 0 amide bonds. The van der Waals surface area contributed by atoms with E-state index in [0.717, 1.165) is 63.7 Å². The Labute approximate surface area is 317 Å². The molecule has 0 N–H and O–H groups in total. The van der Waals surface area contributed by atoms with Gasteiger partial charge < -0.3 is 9.30 Å². The topological polar surface area (TPSA) is 44.9 Å². The second-order valence-corrected chi connectivity index (χ2v) is 14.8. The summed E-state index contributed by atoms with van der Waals surface area (Å²) >= 11 is 0. The van der Waals surface area contributed by atoms with Gasteiger partial charge in [0.1, 0.15) is 5.82 Å². The number of benzene rings is 4. The van der Waals surface area contributed by atoms with Crippen LogP contribution in [0.25, 0.3) is 44.4 Å². The molecular formula is C45H46N4OPt. The van der Waals surface area contributed by atoms with E-state index in [4.69, 9.17) is 14.8 Å². The molecule has 7 aromatic rings. The van der Waals surface area contributed by atoms with E-state index in [1.54, 1.807) is 0 Å². The Morgan fingerprint density at radius 3 is 2.22 bits per heavy atom. The number of fused-ring (bicyclic) bond motifs is 3. The maximum Gasteiger partial charge on any atom is 2.00 e. The number of pyridine rings is 1. The van der Waals surface area contributed by atoms with Gasteiger partial charge in [0.05, 0.1) is 6.20 Å². The quantitative estimate of drug-likeness (QED) is 0.122. The summed E-state index contributed by atoms with van der Waals surface area (Å²) in [4.78, 5) is 4.71. The molecule has 51 heavy (non-hydrogen) atoms. The summed E-state index contributed by atoms with van der Waals surface area (Å²) in [5.74, 6) is 3.77. The molecule has 0 aliphatic carbocycles. The van der Waals surface area contributed by atoms with E-state index in [0.29, 0.717) is 29.3 Å². The van der Waals surface area contributed by atoms with Crippen molar-refractivity contribution < 1.29 is 25.8 Å². The molecule has 4 aromatic carbocycles. The Hall–Kier alpha value is -4.47. The third-order valence-electron chi connectivity index (χ3n) is 9.14. The minimum absolute atomic E-state index is 0. The molecule has 0 spiro atoms. The van der Waals surface area contributed by atoms with Crippen LogP contribution in [0.15, 0.2) is 97.5 Å². The predicted molar refractivity (Wildman–Crippen MR) is 206 cm³/mol. The first-order valence-electron chi connectivity index (χ1n) is 17.9. The van der Waals surface area contributed by atoms with E-state index in [-0.39, 0.29) is 21.1 Å². The van der Waals surface area contributed by atoms with Gasteiger partial charge in [0.15, 0.2) is 0 Å². The molecule has 0 saturated heterocycles. The normalized spacial score (nSPS) is 11.6. The Morgan fingerprint density at radius 2 is 1.45 bits per heavy atom. The number of aromatic nitrogens is 4. The zero-order valence-electron chi connectivity index (χ0n) is 30.6. The van der Waals surface area contributed by atoms with Gasteiger partial charge in [-0.25, -0.2) is 4.98 Å². The molecule has 0 atom stereocenters. The van der Waals surface area contributed by atoms with E-state index in [1.807, 2.05) is 47.4 Å². The van der Waals surface area contributed by atoms with Crippen molar-refractivity contribution >= 4 is 21.8 Å². The molecule has 7 rings (SSSR count). The van der Waals surface area contributed by atoms with Crippen molar-refractivity contribution in [2.24, 2.45) is 17.8 Å². The molecule has 0 bridgehead atoms. The number of rotatable bonds is 11. The Balaban J connectivity index is 0.00000448. The van der Waals surface area contributed by atoms with Crippen molar-refractivity contribution in [2.75, 3.05) is 0 Å². The van der Waals surface area contributed by atoms with Crippen LogP contribution in [0.3, 0.4) is 0 Å². The summed E-state index contributed by atoms with van der Waals surface area (Å²) in [6.45, 7) is 15.9. The minimum Gasteiger partial charge on any atom is -0.509 e. The van der Waals surface area contributed by atoms with Gasteiger partial charge >= 0.3 is 21.1 Å². The van der Waals surface area contributed by atoms with Crippen LogP contribution in [0, 0.1) is 36.8 Å². The van der Waals surface area contributed by atoms with Gasteiger partial charge in [-0.05, 0) is 101 Å². The monoisotopic (exact) mass is 853 g/mol. The van der Waals surface area contributed by atoms with Crippen LogP contribution in [0.4, 0.5) is 0 Å². The largest absolute Gasteiger partial charge is 2.00 e. The van der Waals surface area contributed by atoms with Crippen LogP contribution in [-0.4, -0.2) is 19.3 Å². The minimum atomic E-state index is 0. The van der Waals surface area contributed by atoms with Crippen LogP contribution in [-0.2, 0) is 40.3 Å². The Bertz CT molecular complexity index is 2290. The maximum atomic E-state index is 6.44. The van der Waals surface area contributed by atoms with Crippen LogP contribution in [0.1, 0.15) is 63.8 Å². The van der Waals surface area contributed by atoms with Crippen LogP contribution in [0.2, 0.25) is 0 Å². The van der Waals surface area contributed by atoms with Crippen LogP contribution >= 0.6 is 0 Å². The SMILES string of the molecule is Cc1ccnc(-n2c3[c-]c(Oc4[c-]c(-n5cc(-c6c(CC(C)C)ccc(CC(C)C)c6CC(C)C)cn5)ccc4)ccc3c3ccccc32)c1.[Pt+2]. The van der Waals surface area contributed by atoms with E-state index in [1.165, 1.54) is 22.3 Å². The average Bonchev–Trinajstić information content (AvgIpc) is 3.69. The van der Waals surface area contributed by atoms with Gasteiger partial charge in [-0.1, -0.05) is 77.4 Å². The standard InChI is InChI=1S/C45H46N4O.Pt/c1-29(2)21-33-15-16-34(22-30(3)4)45(41(33)23-31(5)6)35-27-47-48(28-35)36-11-10-12-37(25-36)50-38-17-18-40-39-13-8-9-14-42(39)49(43(40)26-38)44-24-32(7)19-20-46-44;/h8-20,24,27-31H,21-23H2,1-7H3;/q-2;+2. The summed E-state index contributed by atoms with van der Waals surface area (Å²) in [5, 5.41) is 7.12. The molecule has 3 aromatic heterocycles. The molecule has 0 unspecified atom stereocenters. The molecule has 0 aliphatic rings. The summed E-state index contributed by atoms with van der Waals surface area (Å²) in [6, 6.07) is 34.3. The van der Waals surface area contributed by atoms with Crippen LogP contribution < -0.4 is 4.74 Å². The molecule has 0 aliphatic heterocycles. The van der Waals surface area contributed by atoms with Crippen molar-refractivity contribution in [2.45, 2.75) is 67.7 Å². The fourth-order valence-corrected chi connectivity index (χ4v) is 7.13. The van der Waals surface area contributed by atoms with Gasteiger partial charge in [-0.3, -0.25) is 4.68 Å². The Morgan fingerprint density at radius 1 is 0.725 bits per heavy atom. The second-order valence-electron chi connectivity index (χ2n) is 14.8. The summed E-state index contributed by atoms with van der Waals surface area (Å²) in [5.41, 5.74) is 10.8. The predicted octanol–water partition coefficient (Wildman–Crippen LogP) is 11.3. The maximum absolute atomic E-state index is 6.44. The van der Waals surface area contributed by atoms with E-state index in [2.05, 4.69) is 120 Å². The van der Waals surface area contributed by atoms with Crippen molar-refractivity contribution in [1.82, 2.24) is 19.3 Å².